The van der Waals surface area contributed by atoms with Crippen molar-refractivity contribution in [3.63, 3.8) is 0 Å². The zero-order valence-electron chi connectivity index (χ0n) is 11.5. The summed E-state index contributed by atoms with van der Waals surface area (Å²) in [6.45, 7) is 7.33. The van der Waals surface area contributed by atoms with Crippen molar-refractivity contribution in [1.29, 1.82) is 0 Å². The molecule has 0 aromatic carbocycles. The van der Waals surface area contributed by atoms with Crippen molar-refractivity contribution in [3.05, 3.63) is 33.5 Å². The maximum atomic E-state index is 4.22. The Morgan fingerprint density at radius 3 is 3.05 bits per heavy atom. The Bertz CT molecular complexity index is 558. The quantitative estimate of drug-likeness (QED) is 0.932. The van der Waals surface area contributed by atoms with E-state index in [0.29, 0.717) is 5.92 Å². The van der Waals surface area contributed by atoms with Crippen molar-refractivity contribution in [1.82, 2.24) is 20.1 Å². The van der Waals surface area contributed by atoms with Crippen LogP contribution >= 0.6 is 11.3 Å². The zero-order valence-corrected chi connectivity index (χ0v) is 12.3. The predicted octanol–water partition coefficient (Wildman–Crippen LogP) is 2.31. The molecule has 4 nitrogen and oxygen atoms in total. The highest BCUT2D eigenvalue weighted by molar-refractivity contribution is 7.11. The highest BCUT2D eigenvalue weighted by Gasteiger charge is 2.20. The molecule has 0 unspecified atom stereocenters. The van der Waals surface area contributed by atoms with Crippen LogP contribution in [-0.4, -0.2) is 21.3 Å². The van der Waals surface area contributed by atoms with Crippen molar-refractivity contribution in [3.8, 4) is 0 Å². The van der Waals surface area contributed by atoms with E-state index in [-0.39, 0.29) is 0 Å². The second-order valence-electron chi connectivity index (χ2n) is 5.32. The first-order valence-electron chi connectivity index (χ1n) is 6.87. The van der Waals surface area contributed by atoms with Crippen LogP contribution in [0.2, 0.25) is 0 Å². The van der Waals surface area contributed by atoms with Crippen LogP contribution in [0, 0.1) is 19.8 Å². The average Bonchev–Trinajstić information content (AvgIpc) is 2.97. The lowest BCUT2D eigenvalue weighted by Crippen LogP contribution is -2.30. The normalized spacial score (nSPS) is 18.5. The fourth-order valence-corrected chi connectivity index (χ4v) is 3.54. The third-order valence-corrected chi connectivity index (χ3v) is 4.76. The van der Waals surface area contributed by atoms with E-state index < -0.39 is 0 Å². The van der Waals surface area contributed by atoms with Gasteiger partial charge in [-0.2, -0.15) is 0 Å². The van der Waals surface area contributed by atoms with Gasteiger partial charge in [-0.25, -0.2) is 0 Å². The van der Waals surface area contributed by atoms with E-state index in [1.165, 1.54) is 16.2 Å². The summed E-state index contributed by atoms with van der Waals surface area (Å²) in [6.07, 6.45) is 2.28. The summed E-state index contributed by atoms with van der Waals surface area (Å²) in [5.41, 5.74) is 0. The molecule has 3 heterocycles. The fraction of sp³-hybridized carbons (Fsp3) is 0.571. The van der Waals surface area contributed by atoms with Crippen LogP contribution in [0.5, 0.6) is 0 Å². The summed E-state index contributed by atoms with van der Waals surface area (Å²) >= 11 is 1.88. The monoisotopic (exact) mass is 276 g/mol. The van der Waals surface area contributed by atoms with Gasteiger partial charge < -0.3 is 9.88 Å². The van der Waals surface area contributed by atoms with Gasteiger partial charge in [-0.3, -0.25) is 0 Å². The second-order valence-corrected chi connectivity index (χ2v) is 6.69. The minimum absolute atomic E-state index is 0.697. The molecule has 0 spiro atoms. The number of nitrogens with one attached hydrogen (secondary N) is 1. The van der Waals surface area contributed by atoms with Crippen molar-refractivity contribution in [2.24, 2.45) is 5.92 Å². The Morgan fingerprint density at radius 1 is 1.37 bits per heavy atom. The molecule has 0 radical (unpaired) electrons. The van der Waals surface area contributed by atoms with Crippen LogP contribution < -0.4 is 5.32 Å². The molecule has 3 rings (SSSR count). The summed E-state index contributed by atoms with van der Waals surface area (Å²) in [7, 11) is 0. The third kappa shape index (κ3) is 2.87. The van der Waals surface area contributed by atoms with Gasteiger partial charge in [-0.15, -0.1) is 21.5 Å². The van der Waals surface area contributed by atoms with Gasteiger partial charge in [-0.1, -0.05) is 0 Å². The van der Waals surface area contributed by atoms with Crippen LogP contribution in [0.3, 0.4) is 0 Å². The first-order valence-corrected chi connectivity index (χ1v) is 7.69. The van der Waals surface area contributed by atoms with Crippen molar-refractivity contribution >= 4 is 11.3 Å². The summed E-state index contributed by atoms with van der Waals surface area (Å²) in [5.74, 6) is 2.90. The Kier molecular flexibility index (Phi) is 3.66. The molecule has 102 valence electrons. The molecule has 1 aliphatic rings. The van der Waals surface area contributed by atoms with Crippen molar-refractivity contribution in [2.75, 3.05) is 6.54 Å². The van der Waals surface area contributed by atoms with Gasteiger partial charge in [0.05, 0.1) is 0 Å². The maximum absolute atomic E-state index is 4.22. The molecule has 1 atom stereocenters. The largest absolute Gasteiger partial charge is 0.315 e. The molecule has 1 aliphatic heterocycles. The van der Waals surface area contributed by atoms with Crippen LogP contribution in [0.15, 0.2) is 12.1 Å². The van der Waals surface area contributed by atoms with E-state index in [2.05, 4.69) is 39.1 Å². The van der Waals surface area contributed by atoms with Gasteiger partial charge in [0.2, 0.25) is 0 Å². The van der Waals surface area contributed by atoms with Gasteiger partial charge in [0.15, 0.2) is 0 Å². The zero-order chi connectivity index (χ0) is 13.2. The molecule has 0 fully saturated rings. The summed E-state index contributed by atoms with van der Waals surface area (Å²) < 4.78 is 2.27. The van der Waals surface area contributed by atoms with E-state index >= 15 is 0 Å². The average molecular weight is 276 g/mol. The maximum Gasteiger partial charge on any atom is 0.133 e. The molecular formula is C14H20N4S. The number of thiophene rings is 1. The van der Waals surface area contributed by atoms with E-state index in [9.17, 15) is 0 Å². The first kappa shape index (κ1) is 12.8. The standard InChI is InChI=1S/C14H20N4S/c1-10-3-5-13(19-10)8-15-7-12-4-6-14-17-16-11(2)18(14)9-12/h3,5,12,15H,4,6-9H2,1-2H3/t12-/m0/s1. The molecule has 1 N–H and O–H groups in total. The number of hydrogen-bond donors (Lipinski definition) is 1. The van der Waals surface area contributed by atoms with Crippen LogP contribution in [0.1, 0.15) is 27.8 Å². The first-order chi connectivity index (χ1) is 9.22. The van der Waals surface area contributed by atoms with Gasteiger partial charge in [-0.05, 0) is 38.3 Å². The molecule has 2 aromatic rings. The number of nitrogens with zero attached hydrogens (tertiary/aromatic N) is 3. The van der Waals surface area contributed by atoms with E-state index in [1.54, 1.807) is 0 Å². The number of rotatable bonds is 4. The van der Waals surface area contributed by atoms with Gasteiger partial charge in [0.1, 0.15) is 11.6 Å². The molecule has 19 heavy (non-hydrogen) atoms. The molecule has 0 saturated carbocycles. The molecule has 0 amide bonds. The van der Waals surface area contributed by atoms with E-state index in [4.69, 9.17) is 0 Å². The van der Waals surface area contributed by atoms with E-state index in [1.807, 2.05) is 18.3 Å². The molecule has 0 aliphatic carbocycles. The summed E-state index contributed by atoms with van der Waals surface area (Å²) in [6, 6.07) is 4.41. The van der Waals surface area contributed by atoms with Crippen LogP contribution in [0.4, 0.5) is 0 Å². The number of aryl methyl sites for hydroxylation is 3. The van der Waals surface area contributed by atoms with Crippen LogP contribution in [0.25, 0.3) is 0 Å². The Hall–Kier alpha value is -1.20. The third-order valence-electron chi connectivity index (χ3n) is 3.76. The minimum atomic E-state index is 0.697. The molecule has 0 bridgehead atoms. The van der Waals surface area contributed by atoms with Gasteiger partial charge in [0, 0.05) is 35.8 Å². The minimum Gasteiger partial charge on any atom is -0.315 e. The van der Waals surface area contributed by atoms with Crippen molar-refractivity contribution < 1.29 is 0 Å². The number of hydrogen-bond acceptors (Lipinski definition) is 4. The van der Waals surface area contributed by atoms with Crippen molar-refractivity contribution in [2.45, 2.75) is 39.8 Å². The van der Waals surface area contributed by atoms with E-state index in [0.717, 1.165) is 37.7 Å². The smallest absolute Gasteiger partial charge is 0.133 e. The predicted molar refractivity (Wildman–Crippen MR) is 77.3 cm³/mol. The topological polar surface area (TPSA) is 42.7 Å². The lowest BCUT2D eigenvalue weighted by Gasteiger charge is -2.24. The highest BCUT2D eigenvalue weighted by Crippen LogP contribution is 2.20. The second kappa shape index (κ2) is 5.43. The lowest BCUT2D eigenvalue weighted by molar-refractivity contribution is 0.344. The fourth-order valence-electron chi connectivity index (χ4n) is 2.68. The highest BCUT2D eigenvalue weighted by atomic mass is 32.1. The summed E-state index contributed by atoms with van der Waals surface area (Å²) in [5, 5.41) is 12.0. The molecule has 0 saturated heterocycles. The number of aromatic nitrogens is 3. The Balaban J connectivity index is 1.51. The Morgan fingerprint density at radius 2 is 2.26 bits per heavy atom. The Labute approximate surface area is 117 Å². The SMILES string of the molecule is Cc1ccc(CNC[C@@H]2CCc3nnc(C)n3C2)s1. The van der Waals surface area contributed by atoms with Gasteiger partial charge in [0.25, 0.3) is 0 Å². The number of fused-ring (bicyclic) bond motifs is 1. The van der Waals surface area contributed by atoms with Gasteiger partial charge >= 0.3 is 0 Å². The summed E-state index contributed by atoms with van der Waals surface area (Å²) in [4.78, 5) is 2.81. The molecular weight excluding hydrogens is 256 g/mol. The molecule has 5 heteroatoms. The van der Waals surface area contributed by atoms with Crippen LogP contribution in [-0.2, 0) is 19.5 Å². The molecule has 2 aromatic heterocycles. The lowest BCUT2D eigenvalue weighted by atomic mass is 9.99.